The van der Waals surface area contributed by atoms with E-state index in [1.807, 2.05) is 0 Å². The predicted molar refractivity (Wildman–Crippen MR) is 142 cm³/mol. The topological polar surface area (TPSA) is 40.5 Å². The first-order valence-corrected chi connectivity index (χ1v) is 15.8. The second kappa shape index (κ2) is 30.5. The van der Waals surface area contributed by atoms with E-state index in [-0.39, 0.29) is 19.5 Å². The van der Waals surface area contributed by atoms with Gasteiger partial charge in [0.25, 0.3) is 0 Å². The first kappa shape index (κ1) is 38.8. The van der Waals surface area contributed by atoms with Crippen LogP contribution >= 0.6 is 17.9 Å². The van der Waals surface area contributed by atoms with Crippen LogP contribution in [0.3, 0.4) is 0 Å². The summed E-state index contributed by atoms with van der Waals surface area (Å²) in [6.07, 6.45) is 24.1. The van der Waals surface area contributed by atoms with E-state index in [9.17, 15) is 0 Å². The molecule has 0 aromatic rings. The zero-order chi connectivity index (χ0) is 23.0. The van der Waals surface area contributed by atoms with E-state index in [2.05, 4.69) is 78.4 Å². The summed E-state index contributed by atoms with van der Waals surface area (Å²) in [5, 5.41) is 0. The van der Waals surface area contributed by atoms with Crippen LogP contribution in [0.4, 0.5) is 0 Å². The van der Waals surface area contributed by atoms with Gasteiger partial charge < -0.3 is 22.6 Å². The van der Waals surface area contributed by atoms with Crippen molar-refractivity contribution in [3.8, 4) is 0 Å². The normalized spacial score (nSPS) is 10.8. The molecule has 0 heterocycles. The number of unbranched alkanes of at least 4 members (excludes halogenated alkanes) is 12. The van der Waals surface area contributed by atoms with Crippen molar-refractivity contribution < 1.29 is 29.3 Å². The van der Waals surface area contributed by atoms with Crippen LogP contribution < -0.4 is 0 Å². The van der Waals surface area contributed by atoms with Gasteiger partial charge in [-0.25, -0.2) is 0 Å². The van der Waals surface area contributed by atoms with Crippen molar-refractivity contribution in [3.63, 3.8) is 0 Å². The van der Waals surface area contributed by atoms with Gasteiger partial charge in [0.05, 0.1) is 0 Å². The van der Waals surface area contributed by atoms with Gasteiger partial charge in [0.15, 0.2) is 0 Å². The van der Waals surface area contributed by atoms with Crippen molar-refractivity contribution >= 4 is 29.7 Å². The molecule has 2 N–H and O–H groups in total. The maximum Gasteiger partial charge on any atom is 2.00 e. The van der Waals surface area contributed by atoms with Crippen molar-refractivity contribution in [2.75, 3.05) is 0 Å². The van der Waals surface area contributed by atoms with Crippen LogP contribution in [0, 0.1) is 24.7 Å². The standard InChI is InChI=1S/2C12H25.H3O2PS2.Zn/c2*1-4-5-6-7-8-9-10-11-12(2)3;1-3(2,4)5;/h2*7,12H,4-6,8-11H2,1-3H3;(H3,1,2,4,5);/q2*-1;;+2. The van der Waals surface area contributed by atoms with E-state index < -0.39 is 5.69 Å². The van der Waals surface area contributed by atoms with Crippen molar-refractivity contribution in [2.45, 2.75) is 131 Å². The fraction of sp³-hybridized carbons (Fsp3) is 0.917. The van der Waals surface area contributed by atoms with E-state index in [4.69, 9.17) is 9.79 Å². The molecule has 0 aliphatic carbocycles. The average Bonchev–Trinajstić information content (AvgIpc) is 2.59. The summed E-state index contributed by atoms with van der Waals surface area (Å²) in [6.45, 7) is 13.7. The van der Waals surface area contributed by atoms with Crippen LogP contribution in [0.5, 0.6) is 0 Å². The number of rotatable bonds is 16. The summed E-state index contributed by atoms with van der Waals surface area (Å²) in [5.41, 5.74) is -3.11. The Balaban J connectivity index is -0.000000180. The van der Waals surface area contributed by atoms with Crippen LogP contribution in [0.25, 0.3) is 0 Å². The number of thiol groups is 1. The molecular formula is C24H53O2PS2Zn. The Morgan fingerprint density at radius 1 is 0.700 bits per heavy atom. The van der Waals surface area contributed by atoms with Gasteiger partial charge in [-0.1, -0.05) is 118 Å². The molecule has 0 radical (unpaired) electrons. The first-order valence-electron chi connectivity index (χ1n) is 12.0. The quantitative estimate of drug-likeness (QED) is 0.0608. The molecule has 180 valence electrons. The first-order chi connectivity index (χ1) is 13.5. The zero-order valence-corrected chi connectivity index (χ0v) is 26.7. The summed E-state index contributed by atoms with van der Waals surface area (Å²) in [6, 6.07) is 0. The van der Waals surface area contributed by atoms with E-state index in [0.717, 1.165) is 11.8 Å². The van der Waals surface area contributed by atoms with Crippen molar-refractivity contribution in [2.24, 2.45) is 11.8 Å². The Kier molecular flexibility index (Phi) is 39.5. The third-order valence-corrected chi connectivity index (χ3v) is 4.40. The maximum atomic E-state index is 7.87. The van der Waals surface area contributed by atoms with Crippen LogP contribution in [-0.2, 0) is 31.3 Å². The molecule has 6 heteroatoms. The minimum Gasteiger partial charge on any atom is -0.338 e. The van der Waals surface area contributed by atoms with E-state index in [1.54, 1.807) is 0 Å². The van der Waals surface area contributed by atoms with Crippen molar-refractivity contribution in [3.05, 3.63) is 12.8 Å². The zero-order valence-electron chi connectivity index (χ0n) is 21.1. The monoisotopic (exact) mass is 532 g/mol. The Morgan fingerprint density at radius 2 is 0.967 bits per heavy atom. The Morgan fingerprint density at radius 3 is 1.20 bits per heavy atom. The number of hydrogen-bond acceptors (Lipinski definition) is 1. The van der Waals surface area contributed by atoms with E-state index in [1.165, 1.54) is 89.9 Å². The molecule has 0 aliphatic heterocycles. The summed E-state index contributed by atoms with van der Waals surface area (Å²) < 4.78 is 0. The van der Waals surface area contributed by atoms with Crippen molar-refractivity contribution in [1.82, 2.24) is 0 Å². The van der Waals surface area contributed by atoms with Crippen LogP contribution in [-0.4, -0.2) is 9.79 Å². The third kappa shape index (κ3) is 63.0. The predicted octanol–water partition coefficient (Wildman–Crippen LogP) is 9.32. The summed E-state index contributed by atoms with van der Waals surface area (Å²) in [5.74, 6) is 1.78. The summed E-state index contributed by atoms with van der Waals surface area (Å²) in [7, 11) is 0. The average molecular weight is 534 g/mol. The number of hydrogen-bond donors (Lipinski definition) is 3. The second-order valence-electron chi connectivity index (χ2n) is 8.73. The fourth-order valence-corrected chi connectivity index (χ4v) is 2.67. The molecule has 30 heavy (non-hydrogen) atoms. The third-order valence-electron chi connectivity index (χ3n) is 4.40. The molecule has 0 unspecified atom stereocenters. The molecule has 0 amide bonds. The fourth-order valence-electron chi connectivity index (χ4n) is 2.67. The largest absolute Gasteiger partial charge is 2.00 e. The van der Waals surface area contributed by atoms with E-state index >= 15 is 0 Å². The molecule has 0 rings (SSSR count). The molecule has 0 spiro atoms. The minimum absolute atomic E-state index is 0. The van der Waals surface area contributed by atoms with Gasteiger partial charge in [-0.2, -0.15) is 25.7 Å². The van der Waals surface area contributed by atoms with Crippen LogP contribution in [0.15, 0.2) is 0 Å². The molecule has 0 atom stereocenters. The van der Waals surface area contributed by atoms with Gasteiger partial charge in [0.1, 0.15) is 0 Å². The Hall–Kier alpha value is 1.54. The Labute approximate surface area is 214 Å². The minimum atomic E-state index is -3.11. The van der Waals surface area contributed by atoms with Crippen molar-refractivity contribution in [1.29, 1.82) is 0 Å². The molecule has 0 fully saturated rings. The van der Waals surface area contributed by atoms with Gasteiger partial charge in [-0.05, 0) is 23.6 Å². The molecular weight excluding hydrogens is 481 g/mol. The summed E-state index contributed by atoms with van der Waals surface area (Å²) in [4.78, 5) is 15.7. The molecule has 0 aliphatic rings. The molecule has 2 nitrogen and oxygen atoms in total. The van der Waals surface area contributed by atoms with Gasteiger partial charge >= 0.3 is 19.5 Å². The second-order valence-corrected chi connectivity index (χ2v) is 13.8. The SMILES string of the molecule is CCCC[CH-]CCCCC(C)C.CCCC[CH-]CCCCC(C)C.OP(O)(=S)S.[Zn+2]. The molecule has 0 saturated heterocycles. The Bertz CT molecular complexity index is 307. The van der Waals surface area contributed by atoms with Gasteiger partial charge in [0.2, 0.25) is 5.69 Å². The van der Waals surface area contributed by atoms with Crippen LogP contribution in [0.2, 0.25) is 0 Å². The molecule has 0 aromatic carbocycles. The molecule has 0 saturated carbocycles. The molecule has 0 aromatic heterocycles. The molecule has 0 bridgehead atoms. The maximum absolute atomic E-state index is 7.87. The van der Waals surface area contributed by atoms with Crippen LogP contribution in [0.1, 0.15) is 131 Å². The smallest absolute Gasteiger partial charge is 0.338 e. The van der Waals surface area contributed by atoms with Gasteiger partial charge in [-0.15, -0.1) is 0 Å². The van der Waals surface area contributed by atoms with E-state index in [0.29, 0.717) is 0 Å². The van der Waals surface area contributed by atoms with Gasteiger partial charge in [0, 0.05) is 0 Å². The summed E-state index contributed by atoms with van der Waals surface area (Å²) >= 11 is 7.07. The van der Waals surface area contributed by atoms with Gasteiger partial charge in [-0.3, -0.25) is 0 Å².